The normalized spacial score (nSPS) is 11.9. The lowest BCUT2D eigenvalue weighted by molar-refractivity contribution is 0.0789. The summed E-state index contributed by atoms with van der Waals surface area (Å²) in [5, 5.41) is 10.6. The number of aryl methyl sites for hydroxylation is 1. The molecule has 1 aromatic rings. The monoisotopic (exact) mass is 236 g/mol. The van der Waals surface area contributed by atoms with E-state index in [4.69, 9.17) is 5.26 Å². The minimum atomic E-state index is -0.126. The number of thiophene rings is 1. The molecule has 0 fully saturated rings. The molecule has 0 aliphatic rings. The van der Waals surface area contributed by atoms with Gasteiger partial charge in [-0.1, -0.05) is 6.92 Å². The Kier molecular flexibility index (Phi) is 4.51. The summed E-state index contributed by atoms with van der Waals surface area (Å²) in [4.78, 5) is 14.5. The van der Waals surface area contributed by atoms with E-state index in [0.717, 1.165) is 16.9 Å². The Hall–Kier alpha value is -1.34. The summed E-state index contributed by atoms with van der Waals surface area (Å²) >= 11 is 1.47. The molecule has 86 valence electrons. The van der Waals surface area contributed by atoms with Gasteiger partial charge in [-0.3, -0.25) is 4.79 Å². The van der Waals surface area contributed by atoms with Gasteiger partial charge in [-0.05, 0) is 30.4 Å². The van der Waals surface area contributed by atoms with Crippen molar-refractivity contribution in [1.82, 2.24) is 4.90 Å². The van der Waals surface area contributed by atoms with Crippen molar-refractivity contribution in [3.63, 3.8) is 0 Å². The van der Waals surface area contributed by atoms with E-state index in [2.05, 4.69) is 6.07 Å². The average Bonchev–Trinajstić information content (AvgIpc) is 2.75. The lowest BCUT2D eigenvalue weighted by Gasteiger charge is -2.18. The maximum absolute atomic E-state index is 12.1. The summed E-state index contributed by atoms with van der Waals surface area (Å²) in [6.45, 7) is 4.34. The molecule has 0 spiro atoms. The van der Waals surface area contributed by atoms with Crippen molar-refractivity contribution in [2.45, 2.75) is 20.3 Å². The third-order valence-electron chi connectivity index (χ3n) is 2.44. The molecule has 0 N–H and O–H groups in total. The zero-order valence-electron chi connectivity index (χ0n) is 9.86. The van der Waals surface area contributed by atoms with Crippen molar-refractivity contribution >= 4 is 17.2 Å². The van der Waals surface area contributed by atoms with Crippen LogP contribution in [0, 0.1) is 17.2 Å². The molecule has 16 heavy (non-hydrogen) atoms. The van der Waals surface area contributed by atoms with Crippen molar-refractivity contribution in [2.75, 3.05) is 13.6 Å². The van der Waals surface area contributed by atoms with Crippen molar-refractivity contribution in [2.24, 2.45) is 5.92 Å². The predicted molar refractivity (Wildman–Crippen MR) is 65.4 cm³/mol. The summed E-state index contributed by atoms with van der Waals surface area (Å²) in [6, 6.07) is 4.12. The van der Waals surface area contributed by atoms with Crippen LogP contribution in [-0.2, 0) is 6.42 Å². The quantitative estimate of drug-likeness (QED) is 0.806. The third-order valence-corrected chi connectivity index (χ3v) is 3.38. The van der Waals surface area contributed by atoms with Gasteiger partial charge in [-0.2, -0.15) is 5.26 Å². The lowest BCUT2D eigenvalue weighted by Crippen LogP contribution is -2.30. The predicted octanol–water partition coefficient (Wildman–Crippen LogP) is 2.54. The summed E-state index contributed by atoms with van der Waals surface area (Å²) in [7, 11) is 1.75. The molecule has 0 saturated heterocycles. The van der Waals surface area contributed by atoms with Crippen LogP contribution in [0.25, 0.3) is 0 Å². The van der Waals surface area contributed by atoms with Gasteiger partial charge in [0.25, 0.3) is 5.91 Å². The van der Waals surface area contributed by atoms with Crippen LogP contribution < -0.4 is 0 Å². The molecule has 0 bridgehead atoms. The highest BCUT2D eigenvalue weighted by atomic mass is 32.1. The first-order valence-corrected chi connectivity index (χ1v) is 6.19. The molecule has 1 rings (SSSR count). The van der Waals surface area contributed by atoms with E-state index in [9.17, 15) is 4.79 Å². The van der Waals surface area contributed by atoms with Crippen LogP contribution in [0.5, 0.6) is 0 Å². The number of carbonyl (C=O) groups is 1. The number of carbonyl (C=O) groups excluding carboxylic acids is 1. The van der Waals surface area contributed by atoms with E-state index < -0.39 is 0 Å². The van der Waals surface area contributed by atoms with E-state index in [0.29, 0.717) is 6.54 Å². The number of hydrogen-bond donors (Lipinski definition) is 0. The first-order valence-electron chi connectivity index (χ1n) is 5.31. The molecule has 1 aromatic heterocycles. The van der Waals surface area contributed by atoms with Gasteiger partial charge in [0.05, 0.1) is 16.9 Å². The van der Waals surface area contributed by atoms with Crippen LogP contribution in [0.15, 0.2) is 11.4 Å². The zero-order valence-corrected chi connectivity index (χ0v) is 10.7. The van der Waals surface area contributed by atoms with E-state index >= 15 is 0 Å². The smallest absolute Gasteiger partial charge is 0.263 e. The number of nitriles is 1. The van der Waals surface area contributed by atoms with E-state index in [-0.39, 0.29) is 11.8 Å². The fraction of sp³-hybridized carbons (Fsp3) is 0.500. The summed E-state index contributed by atoms with van der Waals surface area (Å²) in [5.74, 6) is -0.104. The molecule has 3 nitrogen and oxygen atoms in total. The molecule has 0 saturated carbocycles. The highest BCUT2D eigenvalue weighted by molar-refractivity contribution is 7.12. The number of hydrogen-bond acceptors (Lipinski definition) is 3. The van der Waals surface area contributed by atoms with Gasteiger partial charge in [-0.15, -0.1) is 11.3 Å². The van der Waals surface area contributed by atoms with Crippen molar-refractivity contribution in [1.29, 1.82) is 5.26 Å². The van der Waals surface area contributed by atoms with Crippen LogP contribution in [-0.4, -0.2) is 24.4 Å². The Labute approximate surface area is 100 Å². The first kappa shape index (κ1) is 12.7. The molecular formula is C12H16N2OS. The molecule has 0 aliphatic carbocycles. The molecule has 1 amide bonds. The first-order chi connectivity index (χ1) is 7.60. The third kappa shape index (κ3) is 2.83. The molecule has 1 atom stereocenters. The molecule has 0 aliphatic heterocycles. The molecule has 0 aromatic carbocycles. The molecule has 0 radical (unpaired) electrons. The SMILES string of the molecule is CCc1ccsc1C(=O)N(C)CC(C)C#N. The second-order valence-corrected chi connectivity index (χ2v) is 4.76. The van der Waals surface area contributed by atoms with Crippen LogP contribution in [0.3, 0.4) is 0 Å². The minimum absolute atomic E-state index is 0.0222. The molecule has 4 heteroatoms. The minimum Gasteiger partial charge on any atom is -0.340 e. The fourth-order valence-corrected chi connectivity index (χ4v) is 2.50. The lowest BCUT2D eigenvalue weighted by atomic mass is 10.1. The topological polar surface area (TPSA) is 44.1 Å². The number of rotatable bonds is 4. The van der Waals surface area contributed by atoms with E-state index in [1.807, 2.05) is 25.3 Å². The van der Waals surface area contributed by atoms with E-state index in [1.54, 1.807) is 11.9 Å². The summed E-state index contributed by atoms with van der Waals surface area (Å²) in [6.07, 6.45) is 0.867. The van der Waals surface area contributed by atoms with Crippen molar-refractivity contribution in [3.05, 3.63) is 21.9 Å². The van der Waals surface area contributed by atoms with Gasteiger partial charge >= 0.3 is 0 Å². The molecule has 1 unspecified atom stereocenters. The maximum Gasteiger partial charge on any atom is 0.263 e. The Bertz CT molecular complexity index is 405. The summed E-state index contributed by atoms with van der Waals surface area (Å²) in [5.41, 5.74) is 1.09. The van der Waals surface area contributed by atoms with Gasteiger partial charge in [0.1, 0.15) is 0 Å². The van der Waals surface area contributed by atoms with Crippen LogP contribution in [0.2, 0.25) is 0 Å². The van der Waals surface area contributed by atoms with Crippen molar-refractivity contribution < 1.29 is 4.79 Å². The van der Waals surface area contributed by atoms with Crippen LogP contribution >= 0.6 is 11.3 Å². The van der Waals surface area contributed by atoms with E-state index in [1.165, 1.54) is 11.3 Å². The molecule has 1 heterocycles. The Morgan fingerprint density at radius 3 is 2.94 bits per heavy atom. The molecular weight excluding hydrogens is 220 g/mol. The average molecular weight is 236 g/mol. The van der Waals surface area contributed by atoms with Gasteiger partial charge in [0.2, 0.25) is 0 Å². The number of amides is 1. The Morgan fingerprint density at radius 1 is 1.69 bits per heavy atom. The summed E-state index contributed by atoms with van der Waals surface area (Å²) < 4.78 is 0. The van der Waals surface area contributed by atoms with Gasteiger partial charge in [-0.25, -0.2) is 0 Å². The standard InChI is InChI=1S/C12H16N2OS/c1-4-10-5-6-16-11(10)12(15)14(3)8-9(2)7-13/h5-6,9H,4,8H2,1-3H3. The fourth-order valence-electron chi connectivity index (χ4n) is 1.51. The Balaban J connectivity index is 2.75. The maximum atomic E-state index is 12.1. The highest BCUT2D eigenvalue weighted by Crippen LogP contribution is 2.19. The largest absolute Gasteiger partial charge is 0.340 e. The van der Waals surface area contributed by atoms with Crippen molar-refractivity contribution in [3.8, 4) is 6.07 Å². The second kappa shape index (κ2) is 5.66. The zero-order chi connectivity index (χ0) is 12.1. The van der Waals surface area contributed by atoms with Gasteiger partial charge in [0, 0.05) is 13.6 Å². The van der Waals surface area contributed by atoms with Gasteiger partial charge < -0.3 is 4.90 Å². The second-order valence-electron chi connectivity index (χ2n) is 3.84. The number of nitrogens with zero attached hydrogens (tertiary/aromatic N) is 2. The van der Waals surface area contributed by atoms with Crippen LogP contribution in [0.1, 0.15) is 29.1 Å². The highest BCUT2D eigenvalue weighted by Gasteiger charge is 2.17. The van der Waals surface area contributed by atoms with Gasteiger partial charge in [0.15, 0.2) is 0 Å². The Morgan fingerprint density at radius 2 is 2.38 bits per heavy atom. The van der Waals surface area contributed by atoms with Crippen LogP contribution in [0.4, 0.5) is 0 Å².